The largest absolute Gasteiger partial charge is 0.458 e. The van der Waals surface area contributed by atoms with Crippen molar-refractivity contribution in [2.45, 2.75) is 39.2 Å². The number of aromatic nitrogens is 2. The van der Waals surface area contributed by atoms with Crippen LogP contribution in [0, 0.1) is 25.6 Å². The van der Waals surface area contributed by atoms with Crippen LogP contribution in [0.5, 0.6) is 6.01 Å². The van der Waals surface area contributed by atoms with Gasteiger partial charge in [-0.2, -0.15) is 0 Å². The second kappa shape index (κ2) is 8.38. The average Bonchev–Trinajstić information content (AvgIpc) is 3.09. The number of hydrogen-bond acceptors (Lipinski definition) is 5. The van der Waals surface area contributed by atoms with Gasteiger partial charge in [-0.3, -0.25) is 9.59 Å². The Morgan fingerprint density at radius 3 is 2.53 bits per heavy atom. The number of rotatable bonds is 4. The van der Waals surface area contributed by atoms with E-state index >= 15 is 0 Å². The highest BCUT2D eigenvalue weighted by molar-refractivity contribution is 6.00. The highest BCUT2D eigenvalue weighted by Crippen LogP contribution is 2.28. The molecule has 1 aromatic heterocycles. The summed E-state index contributed by atoms with van der Waals surface area (Å²) in [6.45, 7) is 5.19. The third kappa shape index (κ3) is 4.42. The molecule has 0 aliphatic carbocycles. The first-order chi connectivity index (χ1) is 14.4. The summed E-state index contributed by atoms with van der Waals surface area (Å²) >= 11 is 0. The third-order valence-corrected chi connectivity index (χ3v) is 5.54. The molecular weight excluding hydrogens is 387 g/mol. The maximum Gasteiger partial charge on any atom is 0.317 e. The Kier molecular flexibility index (Phi) is 5.65. The molecule has 2 aromatic rings. The van der Waals surface area contributed by atoms with Crippen LogP contribution < -0.4 is 9.64 Å². The van der Waals surface area contributed by atoms with E-state index in [9.17, 15) is 14.0 Å². The molecule has 0 spiro atoms. The Bertz CT molecular complexity index is 930. The second-order valence-corrected chi connectivity index (χ2v) is 7.98. The van der Waals surface area contributed by atoms with Crippen LogP contribution >= 0.6 is 0 Å². The van der Waals surface area contributed by atoms with E-state index in [4.69, 9.17) is 4.74 Å². The Balaban J connectivity index is 1.39. The number of amides is 2. The maximum atomic E-state index is 13.2. The van der Waals surface area contributed by atoms with Crippen LogP contribution in [-0.2, 0) is 9.59 Å². The first-order valence-electron chi connectivity index (χ1n) is 10.2. The molecule has 158 valence electrons. The molecule has 8 heteroatoms. The second-order valence-electron chi connectivity index (χ2n) is 7.98. The number of piperidine rings is 1. The molecule has 7 nitrogen and oxygen atoms in total. The van der Waals surface area contributed by atoms with Crippen LogP contribution in [0.3, 0.4) is 0 Å². The lowest BCUT2D eigenvalue weighted by Crippen LogP contribution is -2.47. The molecule has 1 aromatic carbocycles. The molecule has 2 fully saturated rings. The number of nitrogens with zero attached hydrogens (tertiary/aromatic N) is 4. The number of carbonyl (C=O) groups is 2. The summed E-state index contributed by atoms with van der Waals surface area (Å²) in [6.07, 6.45) is 1.64. The zero-order valence-electron chi connectivity index (χ0n) is 17.2. The fourth-order valence-corrected chi connectivity index (χ4v) is 4.13. The van der Waals surface area contributed by atoms with Crippen molar-refractivity contribution >= 4 is 17.5 Å². The fourth-order valence-electron chi connectivity index (χ4n) is 4.13. The number of likely N-dealkylation sites (tertiary alicyclic amines) is 1. The van der Waals surface area contributed by atoms with E-state index < -0.39 is 5.92 Å². The number of hydrogen-bond donors (Lipinski definition) is 0. The Morgan fingerprint density at radius 2 is 1.83 bits per heavy atom. The predicted octanol–water partition coefficient (Wildman–Crippen LogP) is 2.66. The number of halogens is 1. The number of ether oxygens (including phenoxy) is 1. The standard InChI is InChI=1S/C22H25FN4O3/c1-14-10-15(2)25-22(24-14)30-19-4-3-9-26(13-19)21(29)16-11-20(28)27(12-16)18-7-5-17(23)6-8-18/h5-8,10,16,19H,3-4,9,11-13H2,1-2H3. The molecule has 0 N–H and O–H groups in total. The van der Waals surface area contributed by atoms with Gasteiger partial charge in [0.15, 0.2) is 0 Å². The zero-order chi connectivity index (χ0) is 21.3. The van der Waals surface area contributed by atoms with Crippen molar-refractivity contribution in [2.24, 2.45) is 5.92 Å². The van der Waals surface area contributed by atoms with Crippen LogP contribution in [0.2, 0.25) is 0 Å². The van der Waals surface area contributed by atoms with E-state index in [1.54, 1.807) is 21.9 Å². The van der Waals surface area contributed by atoms with E-state index in [0.717, 1.165) is 24.2 Å². The summed E-state index contributed by atoms with van der Waals surface area (Å²) in [4.78, 5) is 37.5. The summed E-state index contributed by atoms with van der Waals surface area (Å²) in [6, 6.07) is 7.99. The first-order valence-corrected chi connectivity index (χ1v) is 10.2. The molecule has 2 amide bonds. The van der Waals surface area contributed by atoms with E-state index in [0.29, 0.717) is 31.3 Å². The van der Waals surface area contributed by atoms with Gasteiger partial charge >= 0.3 is 6.01 Å². The first kappa shape index (κ1) is 20.3. The number of anilines is 1. The molecular formula is C22H25FN4O3. The molecule has 2 saturated heterocycles. The average molecular weight is 412 g/mol. The van der Waals surface area contributed by atoms with Crippen LogP contribution in [0.4, 0.5) is 10.1 Å². The zero-order valence-corrected chi connectivity index (χ0v) is 17.2. The lowest BCUT2D eigenvalue weighted by atomic mass is 10.0. The quantitative estimate of drug-likeness (QED) is 0.772. The van der Waals surface area contributed by atoms with E-state index in [-0.39, 0.29) is 30.2 Å². The summed E-state index contributed by atoms with van der Waals surface area (Å²) in [7, 11) is 0. The molecule has 4 rings (SSSR count). The van der Waals surface area contributed by atoms with Gasteiger partial charge in [0.2, 0.25) is 11.8 Å². The van der Waals surface area contributed by atoms with Crippen molar-refractivity contribution < 1.29 is 18.7 Å². The predicted molar refractivity (Wildman–Crippen MR) is 109 cm³/mol. The van der Waals surface area contributed by atoms with Gasteiger partial charge in [0, 0.05) is 36.6 Å². The van der Waals surface area contributed by atoms with Crippen molar-refractivity contribution in [3.8, 4) is 6.01 Å². The van der Waals surface area contributed by atoms with Gasteiger partial charge in [0.25, 0.3) is 0 Å². The molecule has 0 saturated carbocycles. The van der Waals surface area contributed by atoms with Crippen LogP contribution in [-0.4, -0.2) is 52.4 Å². The smallest absolute Gasteiger partial charge is 0.317 e. The van der Waals surface area contributed by atoms with Gasteiger partial charge in [-0.05, 0) is 57.0 Å². The number of carbonyl (C=O) groups excluding carboxylic acids is 2. The van der Waals surface area contributed by atoms with E-state index in [1.165, 1.54) is 12.1 Å². The van der Waals surface area contributed by atoms with Crippen LogP contribution in [0.25, 0.3) is 0 Å². The lowest BCUT2D eigenvalue weighted by Gasteiger charge is -2.33. The van der Waals surface area contributed by atoms with E-state index in [1.807, 2.05) is 19.9 Å². The Hall–Kier alpha value is -3.03. The number of benzene rings is 1. The monoisotopic (exact) mass is 412 g/mol. The highest BCUT2D eigenvalue weighted by atomic mass is 19.1. The van der Waals surface area contributed by atoms with Crippen molar-refractivity contribution in [1.82, 2.24) is 14.9 Å². The minimum Gasteiger partial charge on any atom is -0.458 e. The normalized spacial score (nSPS) is 21.8. The molecule has 2 aliphatic heterocycles. The van der Waals surface area contributed by atoms with Gasteiger partial charge in [0.05, 0.1) is 12.5 Å². The molecule has 30 heavy (non-hydrogen) atoms. The summed E-state index contributed by atoms with van der Waals surface area (Å²) in [5.74, 6) is -0.917. The SMILES string of the molecule is Cc1cc(C)nc(OC2CCCN(C(=O)C3CC(=O)N(c4ccc(F)cc4)C3)C2)n1. The van der Waals surface area contributed by atoms with Gasteiger partial charge in [-0.15, -0.1) is 0 Å². The van der Waals surface area contributed by atoms with Gasteiger partial charge in [-0.25, -0.2) is 14.4 Å². The maximum absolute atomic E-state index is 13.2. The molecule has 2 aliphatic rings. The summed E-state index contributed by atoms with van der Waals surface area (Å²) in [5, 5.41) is 0. The Labute approximate surface area is 174 Å². The fraction of sp³-hybridized carbons (Fsp3) is 0.455. The molecule has 3 heterocycles. The van der Waals surface area contributed by atoms with Crippen molar-refractivity contribution in [3.05, 3.63) is 47.5 Å². The topological polar surface area (TPSA) is 75.6 Å². The molecule has 0 bridgehead atoms. The Morgan fingerprint density at radius 1 is 1.13 bits per heavy atom. The van der Waals surface area contributed by atoms with Crippen molar-refractivity contribution in [2.75, 3.05) is 24.5 Å². The minimum absolute atomic E-state index is 0.0393. The van der Waals surface area contributed by atoms with Crippen LogP contribution in [0.15, 0.2) is 30.3 Å². The summed E-state index contributed by atoms with van der Waals surface area (Å²) in [5.41, 5.74) is 2.29. The minimum atomic E-state index is -0.404. The molecule has 2 atom stereocenters. The van der Waals surface area contributed by atoms with Crippen LogP contribution in [0.1, 0.15) is 30.7 Å². The lowest BCUT2D eigenvalue weighted by molar-refractivity contribution is -0.138. The highest BCUT2D eigenvalue weighted by Gasteiger charge is 2.38. The summed E-state index contributed by atoms with van der Waals surface area (Å²) < 4.78 is 19.1. The number of aryl methyl sites for hydroxylation is 2. The molecule has 2 unspecified atom stereocenters. The molecule has 0 radical (unpaired) electrons. The third-order valence-electron chi connectivity index (χ3n) is 5.54. The van der Waals surface area contributed by atoms with Gasteiger partial charge in [-0.1, -0.05) is 0 Å². The van der Waals surface area contributed by atoms with Crippen molar-refractivity contribution in [3.63, 3.8) is 0 Å². The van der Waals surface area contributed by atoms with Crippen molar-refractivity contribution in [1.29, 1.82) is 0 Å². The van der Waals surface area contributed by atoms with Gasteiger partial charge < -0.3 is 14.5 Å². The van der Waals surface area contributed by atoms with E-state index in [2.05, 4.69) is 9.97 Å². The van der Waals surface area contributed by atoms with Gasteiger partial charge in [0.1, 0.15) is 11.9 Å².